The SMILES string of the molecule is CCC(CC)(CC)[O][Al-]([O]C(CC)(CC)CC)[O]C(CC)(CC)CC.[Li+]. The van der Waals surface area contributed by atoms with Crippen LogP contribution in [-0.4, -0.2) is 32.0 Å². The third-order valence-electron chi connectivity index (χ3n) is 6.84. The first-order valence-electron chi connectivity index (χ1n) is 10.9. The molecule has 26 heavy (non-hydrogen) atoms. The van der Waals surface area contributed by atoms with E-state index in [1.54, 1.807) is 0 Å². The minimum absolute atomic E-state index is 0. The van der Waals surface area contributed by atoms with Gasteiger partial charge in [-0.15, -0.1) is 0 Å². The summed E-state index contributed by atoms with van der Waals surface area (Å²) < 4.78 is 20.1. The largest absolute Gasteiger partial charge is 1.00 e. The molecule has 0 aromatic heterocycles. The van der Waals surface area contributed by atoms with E-state index in [2.05, 4.69) is 62.3 Å². The van der Waals surface area contributed by atoms with Crippen LogP contribution in [0.4, 0.5) is 0 Å². The van der Waals surface area contributed by atoms with Gasteiger partial charge in [0, 0.05) is 16.8 Å². The molecule has 0 aliphatic rings. The van der Waals surface area contributed by atoms with E-state index >= 15 is 0 Å². The number of hydrogen-bond acceptors (Lipinski definition) is 3. The van der Waals surface area contributed by atoms with Crippen LogP contribution in [0.1, 0.15) is 120 Å². The fourth-order valence-electron chi connectivity index (χ4n) is 3.68. The summed E-state index contributed by atoms with van der Waals surface area (Å²) in [7, 11) is 0. The van der Waals surface area contributed by atoms with Gasteiger partial charge in [-0.1, -0.05) is 62.3 Å². The summed E-state index contributed by atoms with van der Waals surface area (Å²) in [5.41, 5.74) is -0.337. The van der Waals surface area contributed by atoms with Crippen LogP contribution in [0.25, 0.3) is 0 Å². The van der Waals surface area contributed by atoms with Crippen molar-refractivity contribution in [3.05, 3.63) is 0 Å². The van der Waals surface area contributed by atoms with Crippen LogP contribution in [0, 0.1) is 0 Å². The smallest absolute Gasteiger partial charge is 0.629 e. The molecule has 0 atom stereocenters. The van der Waals surface area contributed by atoms with E-state index in [0.717, 1.165) is 57.8 Å². The molecule has 0 aromatic carbocycles. The zero-order valence-electron chi connectivity index (χ0n) is 19.7. The predicted octanol–water partition coefficient (Wildman–Crippen LogP) is 3.93. The standard InChI is InChI=1S/3C7H15O.Al.Li/c3*1-4-7(8,5-2)6-3;;/h3*4-6H2,1-3H3;;/q3*-1;+2;+1. The Bertz CT molecular complexity index is 263. The van der Waals surface area contributed by atoms with Crippen LogP contribution >= 0.6 is 0 Å². The Morgan fingerprint density at radius 3 is 0.692 bits per heavy atom. The van der Waals surface area contributed by atoms with Crippen molar-refractivity contribution in [2.24, 2.45) is 0 Å². The predicted molar refractivity (Wildman–Crippen MR) is 110 cm³/mol. The van der Waals surface area contributed by atoms with Crippen molar-refractivity contribution in [3.63, 3.8) is 0 Å². The molecule has 0 aromatic rings. The Kier molecular flexibility index (Phi) is 15.8. The second-order valence-electron chi connectivity index (χ2n) is 7.37. The molecule has 0 rings (SSSR count). The van der Waals surface area contributed by atoms with Gasteiger partial charge in [0.25, 0.3) is 0 Å². The fourth-order valence-corrected chi connectivity index (χ4v) is 6.55. The van der Waals surface area contributed by atoms with Gasteiger partial charge < -0.3 is 11.4 Å². The van der Waals surface area contributed by atoms with Gasteiger partial charge in [0.05, 0.1) is 0 Å². The molecule has 0 spiro atoms. The maximum atomic E-state index is 6.70. The first-order chi connectivity index (χ1) is 11.8. The van der Waals surface area contributed by atoms with E-state index in [9.17, 15) is 0 Å². The van der Waals surface area contributed by atoms with Crippen molar-refractivity contribution in [3.8, 4) is 0 Å². The van der Waals surface area contributed by atoms with Crippen molar-refractivity contribution in [1.29, 1.82) is 0 Å². The van der Waals surface area contributed by atoms with Crippen molar-refractivity contribution in [2.75, 3.05) is 0 Å². The number of hydrogen-bond donors (Lipinski definition) is 0. The van der Waals surface area contributed by atoms with Gasteiger partial charge in [0.15, 0.2) is 0 Å². The van der Waals surface area contributed by atoms with Gasteiger partial charge in [-0.05, 0) is 57.8 Å². The second kappa shape index (κ2) is 14.1. The zero-order valence-corrected chi connectivity index (χ0v) is 20.8. The summed E-state index contributed by atoms with van der Waals surface area (Å²) in [6.45, 7) is 20.0. The molecule has 0 saturated carbocycles. The average Bonchev–Trinajstić information content (AvgIpc) is 2.68. The molecular formula is C21H45AlLiO3. The average molecular weight is 380 g/mol. The Hall–Kier alpha value is 1.01. The molecular weight excluding hydrogens is 334 g/mol. The Morgan fingerprint density at radius 1 is 0.423 bits per heavy atom. The summed E-state index contributed by atoms with van der Waals surface area (Å²) in [6.07, 6.45) is 9.04. The van der Waals surface area contributed by atoms with Crippen LogP contribution < -0.4 is 18.9 Å². The first-order valence-corrected chi connectivity index (χ1v) is 12.3. The Morgan fingerprint density at radius 2 is 0.577 bits per heavy atom. The third kappa shape index (κ3) is 7.79. The van der Waals surface area contributed by atoms with Gasteiger partial charge in [-0.2, -0.15) is 0 Å². The normalized spacial score (nSPS) is 13.2. The Balaban J connectivity index is 0. The molecule has 0 saturated heterocycles. The van der Waals surface area contributed by atoms with Gasteiger partial charge >= 0.3 is 34.0 Å². The molecule has 1 radical (unpaired) electrons. The molecule has 3 nitrogen and oxygen atoms in total. The summed E-state index contributed by atoms with van der Waals surface area (Å²) >= 11 is -2.27. The summed E-state index contributed by atoms with van der Waals surface area (Å²) in [6, 6.07) is 0. The Labute approximate surface area is 181 Å². The molecule has 0 bridgehead atoms. The van der Waals surface area contributed by atoms with Gasteiger partial charge in [-0.3, -0.25) is 0 Å². The van der Waals surface area contributed by atoms with Crippen molar-refractivity contribution in [1.82, 2.24) is 0 Å². The van der Waals surface area contributed by atoms with Crippen molar-refractivity contribution < 1.29 is 30.2 Å². The minimum Gasteiger partial charge on any atom is -0.629 e. The molecule has 0 N–H and O–H groups in total. The number of rotatable bonds is 15. The third-order valence-corrected chi connectivity index (χ3v) is 8.92. The van der Waals surface area contributed by atoms with E-state index < -0.39 is 15.1 Å². The zero-order chi connectivity index (χ0) is 19.6. The van der Waals surface area contributed by atoms with Gasteiger partial charge in [0.2, 0.25) is 0 Å². The molecule has 151 valence electrons. The van der Waals surface area contributed by atoms with Gasteiger partial charge in [-0.25, -0.2) is 0 Å². The molecule has 0 aliphatic heterocycles. The summed E-state index contributed by atoms with van der Waals surface area (Å²) in [5, 5.41) is 0. The molecule has 5 heteroatoms. The van der Waals surface area contributed by atoms with Gasteiger partial charge in [0.1, 0.15) is 0 Å². The van der Waals surface area contributed by atoms with Crippen LogP contribution in [0.3, 0.4) is 0 Å². The maximum absolute atomic E-state index is 6.70. The topological polar surface area (TPSA) is 27.7 Å². The van der Waals surface area contributed by atoms with E-state index in [0.29, 0.717) is 0 Å². The first kappa shape index (κ1) is 29.2. The molecule has 0 amide bonds. The van der Waals surface area contributed by atoms with Crippen LogP contribution in [-0.2, 0) is 11.4 Å². The minimum atomic E-state index is -2.27. The maximum Gasteiger partial charge on any atom is 1.00 e. The fraction of sp³-hybridized carbons (Fsp3) is 1.00. The van der Waals surface area contributed by atoms with Crippen molar-refractivity contribution in [2.45, 2.75) is 137 Å². The van der Waals surface area contributed by atoms with E-state index in [-0.39, 0.29) is 35.7 Å². The molecule has 0 aliphatic carbocycles. The molecule has 0 fully saturated rings. The second-order valence-corrected chi connectivity index (χ2v) is 8.66. The van der Waals surface area contributed by atoms with Crippen LogP contribution in [0.2, 0.25) is 0 Å². The van der Waals surface area contributed by atoms with Crippen LogP contribution in [0.5, 0.6) is 0 Å². The van der Waals surface area contributed by atoms with E-state index in [1.165, 1.54) is 0 Å². The summed E-state index contributed by atoms with van der Waals surface area (Å²) in [4.78, 5) is 0. The van der Waals surface area contributed by atoms with Crippen LogP contribution in [0.15, 0.2) is 0 Å². The summed E-state index contributed by atoms with van der Waals surface area (Å²) in [5.74, 6) is 0. The molecule has 0 heterocycles. The van der Waals surface area contributed by atoms with E-state index in [4.69, 9.17) is 11.4 Å². The van der Waals surface area contributed by atoms with E-state index in [1.807, 2.05) is 0 Å². The monoisotopic (exact) mass is 379 g/mol. The van der Waals surface area contributed by atoms with Crippen molar-refractivity contribution >= 4 is 15.1 Å². The quantitative estimate of drug-likeness (QED) is 0.404. The molecule has 0 unspecified atom stereocenters.